The van der Waals surface area contributed by atoms with E-state index in [1.54, 1.807) is 11.8 Å². The molecule has 1 atom stereocenters. The maximum Gasteiger partial charge on any atom is 0.192 e. The molecule has 3 nitrogen and oxygen atoms in total. The van der Waals surface area contributed by atoms with E-state index < -0.39 is 0 Å². The van der Waals surface area contributed by atoms with Crippen molar-refractivity contribution >= 4 is 23.4 Å². The molecule has 0 fully saturated rings. The number of aryl methyl sites for hydroxylation is 2. The summed E-state index contributed by atoms with van der Waals surface area (Å²) in [6.45, 7) is 8.04. The summed E-state index contributed by atoms with van der Waals surface area (Å²) in [6, 6.07) is 5.95. The number of hydrogen-bond acceptors (Lipinski definition) is 4. The molecule has 0 saturated heterocycles. The van der Waals surface area contributed by atoms with Crippen LogP contribution >= 0.6 is 23.4 Å². The van der Waals surface area contributed by atoms with E-state index in [4.69, 9.17) is 17.3 Å². The number of hydrogen-bond donors (Lipinski definition) is 1. The van der Waals surface area contributed by atoms with Crippen LogP contribution in [-0.4, -0.2) is 16.0 Å². The van der Waals surface area contributed by atoms with E-state index in [1.165, 1.54) is 0 Å². The Hall–Kier alpha value is -1.10. The molecule has 0 bridgehead atoms. The van der Waals surface area contributed by atoms with Gasteiger partial charge in [0.2, 0.25) is 0 Å². The van der Waals surface area contributed by atoms with Gasteiger partial charge in [0.25, 0.3) is 0 Å². The molecule has 5 heteroatoms. The summed E-state index contributed by atoms with van der Waals surface area (Å²) in [6.07, 6.45) is 0.742. The van der Waals surface area contributed by atoms with Crippen molar-refractivity contribution in [3.8, 4) is 0 Å². The fourth-order valence-electron chi connectivity index (χ4n) is 2.04. The van der Waals surface area contributed by atoms with Gasteiger partial charge in [-0.05, 0) is 69.1 Å². The van der Waals surface area contributed by atoms with Gasteiger partial charge in [-0.1, -0.05) is 17.7 Å². The third-order valence-corrected chi connectivity index (χ3v) is 4.74. The lowest BCUT2D eigenvalue weighted by atomic mass is 10.1. The van der Waals surface area contributed by atoms with Crippen LogP contribution in [0, 0.1) is 20.8 Å². The molecule has 0 aliphatic heterocycles. The van der Waals surface area contributed by atoms with E-state index in [2.05, 4.69) is 9.97 Å². The minimum absolute atomic E-state index is 0.0617. The first-order valence-electron chi connectivity index (χ1n) is 6.91. The van der Waals surface area contributed by atoms with E-state index in [1.807, 2.05) is 45.9 Å². The predicted octanol–water partition coefficient (Wildman–Crippen LogP) is 4.10. The smallest absolute Gasteiger partial charge is 0.192 e. The van der Waals surface area contributed by atoms with E-state index in [9.17, 15) is 0 Å². The average Bonchev–Trinajstić information content (AvgIpc) is 2.39. The van der Waals surface area contributed by atoms with Crippen LogP contribution in [0.25, 0.3) is 0 Å². The van der Waals surface area contributed by atoms with Gasteiger partial charge >= 0.3 is 0 Å². The molecule has 0 radical (unpaired) electrons. The lowest BCUT2D eigenvalue weighted by Crippen LogP contribution is -2.18. The minimum Gasteiger partial charge on any atom is -0.328 e. The van der Waals surface area contributed by atoms with Crippen molar-refractivity contribution in [3.05, 3.63) is 45.7 Å². The minimum atomic E-state index is 0.0617. The molecular weight excluding hydrogens is 302 g/mol. The second-order valence-electron chi connectivity index (χ2n) is 5.30. The quantitative estimate of drug-likeness (QED) is 0.861. The Morgan fingerprint density at radius 2 is 1.81 bits per heavy atom. The van der Waals surface area contributed by atoms with Crippen LogP contribution in [0.5, 0.6) is 0 Å². The molecule has 1 aromatic heterocycles. The second kappa shape index (κ2) is 6.77. The summed E-state index contributed by atoms with van der Waals surface area (Å²) in [5.41, 5.74) is 10.2. The largest absolute Gasteiger partial charge is 0.328 e. The Kier molecular flexibility index (Phi) is 5.25. The second-order valence-corrected chi connectivity index (χ2v) is 6.72. The maximum atomic E-state index is 6.32. The summed E-state index contributed by atoms with van der Waals surface area (Å²) < 4.78 is 0. The standard InChI is InChI=1S/C16H20ClN3S/c1-9(18)8-13-14(17)6-5-7-15(13)21-16-19-11(3)10(2)12(4)20-16/h5-7,9H,8,18H2,1-4H3. The van der Waals surface area contributed by atoms with Gasteiger partial charge in [0, 0.05) is 27.3 Å². The van der Waals surface area contributed by atoms with Crippen LogP contribution < -0.4 is 5.73 Å². The van der Waals surface area contributed by atoms with Crippen LogP contribution in [0.1, 0.15) is 29.4 Å². The lowest BCUT2D eigenvalue weighted by molar-refractivity contribution is 0.729. The summed E-state index contributed by atoms with van der Waals surface area (Å²) in [5.74, 6) is 0. The molecular formula is C16H20ClN3S. The Morgan fingerprint density at radius 1 is 1.19 bits per heavy atom. The van der Waals surface area contributed by atoms with Crippen molar-refractivity contribution in [1.82, 2.24) is 9.97 Å². The fourth-order valence-corrected chi connectivity index (χ4v) is 3.37. The highest BCUT2D eigenvalue weighted by atomic mass is 35.5. The Balaban J connectivity index is 2.38. The molecule has 1 heterocycles. The molecule has 112 valence electrons. The molecule has 2 aromatic rings. The molecule has 0 aliphatic carbocycles. The summed E-state index contributed by atoms with van der Waals surface area (Å²) in [7, 11) is 0. The van der Waals surface area contributed by atoms with Crippen molar-refractivity contribution in [3.63, 3.8) is 0 Å². The predicted molar refractivity (Wildman–Crippen MR) is 89.2 cm³/mol. The highest BCUT2D eigenvalue weighted by molar-refractivity contribution is 7.99. The third kappa shape index (κ3) is 3.96. The van der Waals surface area contributed by atoms with E-state index in [0.717, 1.165) is 44.0 Å². The first kappa shape index (κ1) is 16.3. The number of nitrogens with two attached hydrogens (primary N) is 1. The van der Waals surface area contributed by atoms with Crippen LogP contribution in [0.15, 0.2) is 28.3 Å². The topological polar surface area (TPSA) is 51.8 Å². The van der Waals surface area contributed by atoms with Crippen molar-refractivity contribution in [1.29, 1.82) is 0 Å². The summed E-state index contributed by atoms with van der Waals surface area (Å²) in [4.78, 5) is 10.2. The lowest BCUT2D eigenvalue weighted by Gasteiger charge is -2.13. The maximum absolute atomic E-state index is 6.32. The van der Waals surface area contributed by atoms with Crippen molar-refractivity contribution in [2.24, 2.45) is 5.73 Å². The molecule has 2 rings (SSSR count). The van der Waals surface area contributed by atoms with E-state index >= 15 is 0 Å². The molecule has 1 unspecified atom stereocenters. The van der Waals surface area contributed by atoms with Crippen LogP contribution in [0.4, 0.5) is 0 Å². The molecule has 1 aromatic carbocycles. The van der Waals surface area contributed by atoms with Crippen LogP contribution in [0.2, 0.25) is 5.02 Å². The monoisotopic (exact) mass is 321 g/mol. The molecule has 0 spiro atoms. The van der Waals surface area contributed by atoms with Crippen molar-refractivity contribution in [2.45, 2.75) is 50.2 Å². The summed E-state index contributed by atoms with van der Waals surface area (Å²) in [5, 5.41) is 1.50. The Labute approximate surface area is 135 Å². The first-order valence-corrected chi connectivity index (χ1v) is 8.10. The average molecular weight is 322 g/mol. The zero-order valence-corrected chi connectivity index (χ0v) is 14.3. The first-order chi connectivity index (χ1) is 9.88. The molecule has 0 saturated carbocycles. The van der Waals surface area contributed by atoms with E-state index in [-0.39, 0.29) is 6.04 Å². The Bertz CT molecular complexity index is 633. The Morgan fingerprint density at radius 3 is 2.38 bits per heavy atom. The number of benzene rings is 1. The molecule has 2 N–H and O–H groups in total. The molecule has 0 amide bonds. The van der Waals surface area contributed by atoms with E-state index in [0.29, 0.717) is 0 Å². The fraction of sp³-hybridized carbons (Fsp3) is 0.375. The van der Waals surface area contributed by atoms with Crippen LogP contribution in [0.3, 0.4) is 0 Å². The third-order valence-electron chi connectivity index (χ3n) is 3.42. The summed E-state index contributed by atoms with van der Waals surface area (Å²) >= 11 is 7.86. The molecule has 0 aliphatic rings. The number of aromatic nitrogens is 2. The normalized spacial score (nSPS) is 12.5. The van der Waals surface area contributed by atoms with Gasteiger partial charge in [0.15, 0.2) is 5.16 Å². The number of rotatable bonds is 4. The van der Waals surface area contributed by atoms with Gasteiger partial charge in [0.05, 0.1) is 0 Å². The SMILES string of the molecule is Cc1nc(Sc2cccc(Cl)c2CC(C)N)nc(C)c1C. The highest BCUT2D eigenvalue weighted by Gasteiger charge is 2.13. The van der Waals surface area contributed by atoms with Gasteiger partial charge in [-0.15, -0.1) is 0 Å². The van der Waals surface area contributed by atoms with Crippen molar-refractivity contribution in [2.75, 3.05) is 0 Å². The highest BCUT2D eigenvalue weighted by Crippen LogP contribution is 2.33. The zero-order valence-electron chi connectivity index (χ0n) is 12.8. The van der Waals surface area contributed by atoms with Crippen LogP contribution in [-0.2, 0) is 6.42 Å². The number of nitrogens with zero attached hydrogens (tertiary/aromatic N) is 2. The zero-order chi connectivity index (χ0) is 15.6. The molecule has 21 heavy (non-hydrogen) atoms. The van der Waals surface area contributed by atoms with Gasteiger partial charge in [-0.3, -0.25) is 0 Å². The van der Waals surface area contributed by atoms with Gasteiger partial charge in [0.1, 0.15) is 0 Å². The van der Waals surface area contributed by atoms with Gasteiger partial charge in [-0.2, -0.15) is 0 Å². The van der Waals surface area contributed by atoms with Gasteiger partial charge in [-0.25, -0.2) is 9.97 Å². The van der Waals surface area contributed by atoms with Crippen molar-refractivity contribution < 1.29 is 0 Å². The van der Waals surface area contributed by atoms with Gasteiger partial charge < -0.3 is 5.73 Å². The number of halogens is 1.